The number of nitrogens with one attached hydrogen (secondary N) is 1. The predicted molar refractivity (Wildman–Crippen MR) is 284 cm³/mol. The summed E-state index contributed by atoms with van der Waals surface area (Å²) < 4.78 is 23.3. The quantitative estimate of drug-likeness (QED) is 0.0272. The summed E-state index contributed by atoms with van der Waals surface area (Å²) in [6.45, 7) is 4.66. The SMILES string of the molecule is CCCCCCCCCCCCCC/C=C/CC/C=C/CC/C=C/C(O)C(COP(=O)([O-])OCC[N+](C)(C)C)NC(=O)CCCCCCCCCCCCCCCCCCCCCCCC. The molecule has 0 fully saturated rings. The fraction of sp³-hybridized carbons (Fsp3) is 0.877. The Morgan fingerprint density at radius 3 is 1.23 bits per heavy atom. The summed E-state index contributed by atoms with van der Waals surface area (Å²) in [4.78, 5) is 25.5. The summed E-state index contributed by atoms with van der Waals surface area (Å²) in [6.07, 6.45) is 62.2. The molecule has 0 bridgehead atoms. The zero-order chi connectivity index (χ0) is 48.5. The van der Waals surface area contributed by atoms with E-state index in [2.05, 4.69) is 43.5 Å². The normalized spacial score (nSPS) is 14.2. The first-order valence-electron chi connectivity index (χ1n) is 28.4. The maximum absolute atomic E-state index is 12.9. The van der Waals surface area contributed by atoms with Crippen LogP contribution >= 0.6 is 7.82 Å². The molecule has 0 spiro atoms. The molecule has 3 unspecified atom stereocenters. The van der Waals surface area contributed by atoms with Gasteiger partial charge in [0.15, 0.2) is 0 Å². The number of carbonyl (C=O) groups excluding carboxylic acids is 1. The van der Waals surface area contributed by atoms with Crippen LogP contribution in [0.3, 0.4) is 0 Å². The van der Waals surface area contributed by atoms with Crippen molar-refractivity contribution in [3.05, 3.63) is 36.5 Å². The van der Waals surface area contributed by atoms with Crippen molar-refractivity contribution < 1.29 is 32.9 Å². The Balaban J connectivity index is 4.28. The zero-order valence-electron chi connectivity index (χ0n) is 44.4. The van der Waals surface area contributed by atoms with E-state index in [0.717, 1.165) is 44.9 Å². The molecule has 0 aliphatic carbocycles. The number of aliphatic hydroxyl groups excluding tert-OH is 1. The molecule has 0 heterocycles. The molecule has 0 aromatic heterocycles. The number of rotatable bonds is 52. The van der Waals surface area contributed by atoms with Gasteiger partial charge < -0.3 is 28.8 Å². The molecule has 0 saturated heterocycles. The van der Waals surface area contributed by atoms with Crippen LogP contribution in [-0.2, 0) is 18.4 Å². The summed E-state index contributed by atoms with van der Waals surface area (Å²) in [5.41, 5.74) is 0. The third-order valence-electron chi connectivity index (χ3n) is 12.8. The molecule has 0 aromatic carbocycles. The van der Waals surface area contributed by atoms with Crippen LogP contribution in [0.2, 0.25) is 0 Å². The molecule has 0 aromatic rings. The van der Waals surface area contributed by atoms with Gasteiger partial charge in [-0.15, -0.1) is 0 Å². The van der Waals surface area contributed by atoms with E-state index >= 15 is 0 Å². The number of likely N-dealkylation sites (N-methyl/N-ethyl adjacent to an activating group) is 1. The number of carbonyl (C=O) groups is 1. The topological polar surface area (TPSA) is 108 Å². The molecular formula is C57H111N2O6P. The molecule has 0 rings (SSSR count). The van der Waals surface area contributed by atoms with E-state index in [0.29, 0.717) is 17.4 Å². The Kier molecular flexibility index (Phi) is 47.8. The molecule has 0 aliphatic heterocycles. The molecular weight excluding hydrogens is 840 g/mol. The zero-order valence-corrected chi connectivity index (χ0v) is 45.3. The van der Waals surface area contributed by atoms with Gasteiger partial charge in [-0.2, -0.15) is 0 Å². The van der Waals surface area contributed by atoms with Crippen molar-refractivity contribution in [1.29, 1.82) is 0 Å². The Labute approximate surface area is 410 Å². The van der Waals surface area contributed by atoms with Crippen LogP contribution in [0.25, 0.3) is 0 Å². The maximum Gasteiger partial charge on any atom is 0.268 e. The fourth-order valence-corrected chi connectivity index (χ4v) is 9.09. The molecule has 1 amide bonds. The van der Waals surface area contributed by atoms with Gasteiger partial charge >= 0.3 is 0 Å². The van der Waals surface area contributed by atoms with Crippen molar-refractivity contribution in [2.45, 2.75) is 283 Å². The van der Waals surface area contributed by atoms with E-state index in [1.54, 1.807) is 6.08 Å². The minimum Gasteiger partial charge on any atom is -0.756 e. The van der Waals surface area contributed by atoms with E-state index in [1.165, 1.54) is 205 Å². The molecule has 390 valence electrons. The summed E-state index contributed by atoms with van der Waals surface area (Å²) in [5.74, 6) is -0.207. The predicted octanol–water partition coefficient (Wildman–Crippen LogP) is 16.4. The Bertz CT molecular complexity index is 1170. The number of allylic oxidation sites excluding steroid dienone is 5. The van der Waals surface area contributed by atoms with E-state index in [4.69, 9.17) is 9.05 Å². The van der Waals surface area contributed by atoms with Crippen molar-refractivity contribution >= 4 is 13.7 Å². The van der Waals surface area contributed by atoms with Gasteiger partial charge in [0.2, 0.25) is 5.91 Å². The van der Waals surface area contributed by atoms with Crippen LogP contribution in [0.4, 0.5) is 0 Å². The summed E-state index contributed by atoms with van der Waals surface area (Å²) >= 11 is 0. The summed E-state index contributed by atoms with van der Waals surface area (Å²) in [6, 6.07) is -0.907. The van der Waals surface area contributed by atoms with Gasteiger partial charge in [-0.05, 0) is 44.9 Å². The lowest BCUT2D eigenvalue weighted by Crippen LogP contribution is -2.45. The highest BCUT2D eigenvalue weighted by Gasteiger charge is 2.23. The van der Waals surface area contributed by atoms with Crippen LogP contribution in [0, 0.1) is 0 Å². The smallest absolute Gasteiger partial charge is 0.268 e. The van der Waals surface area contributed by atoms with E-state index < -0.39 is 26.6 Å². The fourth-order valence-electron chi connectivity index (χ4n) is 8.36. The molecule has 2 N–H and O–H groups in total. The van der Waals surface area contributed by atoms with Crippen LogP contribution in [0.5, 0.6) is 0 Å². The number of phosphoric acid groups is 1. The monoisotopic (exact) mass is 951 g/mol. The minimum absolute atomic E-state index is 0.00739. The van der Waals surface area contributed by atoms with Gasteiger partial charge in [-0.3, -0.25) is 9.36 Å². The van der Waals surface area contributed by atoms with Crippen molar-refractivity contribution in [3.8, 4) is 0 Å². The van der Waals surface area contributed by atoms with Crippen molar-refractivity contribution in [2.75, 3.05) is 40.9 Å². The third-order valence-corrected chi connectivity index (χ3v) is 13.8. The lowest BCUT2D eigenvalue weighted by molar-refractivity contribution is -0.870. The second-order valence-corrected chi connectivity index (χ2v) is 22.0. The molecule has 9 heteroatoms. The first-order valence-corrected chi connectivity index (χ1v) is 29.8. The number of amides is 1. The van der Waals surface area contributed by atoms with Crippen LogP contribution in [-0.4, -0.2) is 68.5 Å². The number of aliphatic hydroxyl groups is 1. The van der Waals surface area contributed by atoms with Crippen LogP contribution < -0.4 is 10.2 Å². The number of quaternary nitrogens is 1. The lowest BCUT2D eigenvalue weighted by atomic mass is 10.0. The summed E-state index contributed by atoms with van der Waals surface area (Å²) in [5, 5.41) is 13.9. The molecule has 66 heavy (non-hydrogen) atoms. The largest absolute Gasteiger partial charge is 0.756 e. The van der Waals surface area contributed by atoms with Gasteiger partial charge in [0.1, 0.15) is 13.2 Å². The highest BCUT2D eigenvalue weighted by atomic mass is 31.2. The van der Waals surface area contributed by atoms with Crippen molar-refractivity contribution in [1.82, 2.24) is 5.32 Å². The van der Waals surface area contributed by atoms with E-state index in [1.807, 2.05) is 27.2 Å². The van der Waals surface area contributed by atoms with E-state index in [9.17, 15) is 19.4 Å². The second-order valence-electron chi connectivity index (χ2n) is 20.6. The van der Waals surface area contributed by atoms with E-state index in [-0.39, 0.29) is 12.5 Å². The van der Waals surface area contributed by atoms with Gasteiger partial charge in [-0.25, -0.2) is 0 Å². The Morgan fingerprint density at radius 2 is 0.848 bits per heavy atom. The van der Waals surface area contributed by atoms with Crippen molar-refractivity contribution in [3.63, 3.8) is 0 Å². The van der Waals surface area contributed by atoms with Crippen LogP contribution in [0.1, 0.15) is 271 Å². The average Bonchev–Trinajstić information content (AvgIpc) is 3.28. The number of nitrogens with zero attached hydrogens (tertiary/aromatic N) is 1. The maximum atomic E-state index is 12.9. The van der Waals surface area contributed by atoms with Gasteiger partial charge in [0, 0.05) is 6.42 Å². The number of phosphoric ester groups is 1. The molecule has 3 atom stereocenters. The number of unbranched alkanes of at least 4 members (excludes halogenated alkanes) is 35. The van der Waals surface area contributed by atoms with Gasteiger partial charge in [-0.1, -0.05) is 256 Å². The lowest BCUT2D eigenvalue weighted by Gasteiger charge is -2.29. The first kappa shape index (κ1) is 64.7. The minimum atomic E-state index is -4.61. The molecule has 8 nitrogen and oxygen atoms in total. The van der Waals surface area contributed by atoms with Crippen LogP contribution in [0.15, 0.2) is 36.5 Å². The number of hydrogen-bond donors (Lipinski definition) is 2. The molecule has 0 aliphatic rings. The number of hydrogen-bond acceptors (Lipinski definition) is 6. The standard InChI is InChI=1S/C57H111N2O6P/c1-6-8-10-12-14-16-18-20-22-24-26-28-30-32-34-36-38-40-42-44-46-48-50-56(60)55(54-65-66(62,63)64-53-52-59(3,4)5)58-57(61)51-49-47-45-43-41-39-37-35-33-31-29-27-25-23-21-19-17-15-13-11-9-7-2/h32,34,40,42,48,50,55-56,60H,6-31,33,35-39,41,43-47,49,51-54H2,1-5H3,(H-,58,61,62,63)/b34-32+,42-40+,50-48+. The Morgan fingerprint density at radius 1 is 0.515 bits per heavy atom. The van der Waals surface area contributed by atoms with Gasteiger partial charge in [0.05, 0.1) is 39.9 Å². The average molecular weight is 951 g/mol. The first-order chi connectivity index (χ1) is 32.0. The molecule has 0 radical (unpaired) electrons. The highest BCUT2D eigenvalue weighted by molar-refractivity contribution is 7.45. The molecule has 0 saturated carbocycles. The second kappa shape index (κ2) is 48.7. The Hall–Kier alpha value is -1.28. The summed E-state index contributed by atoms with van der Waals surface area (Å²) in [7, 11) is 1.24. The van der Waals surface area contributed by atoms with Gasteiger partial charge in [0.25, 0.3) is 7.82 Å². The highest BCUT2D eigenvalue weighted by Crippen LogP contribution is 2.38. The van der Waals surface area contributed by atoms with Crippen molar-refractivity contribution in [2.24, 2.45) is 0 Å². The third kappa shape index (κ3) is 50.6.